The van der Waals surface area contributed by atoms with Crippen LogP contribution in [0.3, 0.4) is 0 Å². The molecule has 0 heterocycles. The minimum absolute atomic E-state index is 0.847. The highest BCUT2D eigenvalue weighted by atomic mass is 14.3. The Morgan fingerprint density at radius 1 is 0.600 bits per heavy atom. The average Bonchev–Trinajstić information content (AvgIpc) is 2.69. The third-order valence-corrected chi connectivity index (χ3v) is 7.90. The van der Waals surface area contributed by atoms with Crippen molar-refractivity contribution in [2.45, 2.75) is 109 Å². The van der Waals surface area contributed by atoms with Crippen LogP contribution in [0.25, 0.3) is 0 Å². The van der Waals surface area contributed by atoms with Crippen LogP contribution >= 0.6 is 0 Å². The molecule has 0 aliphatic heterocycles. The van der Waals surface area contributed by atoms with Gasteiger partial charge in [-0.25, -0.2) is 0 Å². The highest BCUT2D eigenvalue weighted by Gasteiger charge is 2.29. The smallest absolute Gasteiger partial charge is 0.0159 e. The molecule has 0 radical (unpaired) electrons. The van der Waals surface area contributed by atoms with Gasteiger partial charge in [-0.05, 0) is 85.8 Å². The Morgan fingerprint density at radius 2 is 1.20 bits per heavy atom. The number of benzene rings is 1. The maximum atomic E-state index is 2.55. The molecule has 0 amide bonds. The Morgan fingerprint density at radius 3 is 1.84 bits per heavy atom. The average molecular weight is 339 g/mol. The summed E-state index contributed by atoms with van der Waals surface area (Å²) in [6, 6.07) is 7.56. The largest absolute Gasteiger partial charge is 0.0585 e. The molecule has 1 aromatic rings. The van der Waals surface area contributed by atoms with Crippen LogP contribution in [0.4, 0.5) is 0 Å². The van der Waals surface area contributed by atoms with E-state index < -0.39 is 0 Å². The van der Waals surface area contributed by atoms with E-state index in [0.717, 1.165) is 23.7 Å². The Bertz CT molecular complexity index is 537. The van der Waals surface area contributed by atoms with Crippen molar-refractivity contribution in [3.05, 3.63) is 34.9 Å². The first kappa shape index (κ1) is 17.6. The summed E-state index contributed by atoms with van der Waals surface area (Å²) in [4.78, 5) is 0. The first-order chi connectivity index (χ1) is 12.3. The van der Waals surface area contributed by atoms with Crippen molar-refractivity contribution in [2.24, 2.45) is 11.8 Å². The Hall–Kier alpha value is -0.780. The van der Waals surface area contributed by atoms with E-state index in [0.29, 0.717) is 0 Å². The van der Waals surface area contributed by atoms with E-state index >= 15 is 0 Å². The van der Waals surface area contributed by atoms with Crippen molar-refractivity contribution in [2.75, 3.05) is 0 Å². The topological polar surface area (TPSA) is 0 Å². The summed E-state index contributed by atoms with van der Waals surface area (Å²) in [6.07, 6.45) is 20.7. The molecule has 0 N–H and O–H groups in total. The molecule has 3 fully saturated rings. The first-order valence-corrected chi connectivity index (χ1v) is 11.4. The zero-order chi connectivity index (χ0) is 17.1. The van der Waals surface area contributed by atoms with Crippen LogP contribution in [0.1, 0.15) is 118 Å². The van der Waals surface area contributed by atoms with Gasteiger partial charge in [0.05, 0.1) is 0 Å². The monoisotopic (exact) mass is 338 g/mol. The molecule has 3 saturated carbocycles. The summed E-state index contributed by atoms with van der Waals surface area (Å²) in [5.41, 5.74) is 4.91. The van der Waals surface area contributed by atoms with Gasteiger partial charge in [0.15, 0.2) is 0 Å². The Kier molecular flexibility index (Phi) is 5.83. The minimum atomic E-state index is 0.847. The molecular weight excluding hydrogens is 300 g/mol. The zero-order valence-electron chi connectivity index (χ0n) is 16.4. The van der Waals surface area contributed by atoms with Gasteiger partial charge >= 0.3 is 0 Å². The SMILES string of the molecule is Cc1cc(C2CCCCC2)ccc1C1CCC(C2CCCCC2)CC1. The van der Waals surface area contributed by atoms with Gasteiger partial charge in [0.1, 0.15) is 0 Å². The molecule has 4 rings (SSSR count). The lowest BCUT2D eigenvalue weighted by Crippen LogP contribution is -2.23. The molecule has 0 aromatic heterocycles. The second-order valence-electron chi connectivity index (χ2n) is 9.46. The van der Waals surface area contributed by atoms with E-state index in [1.165, 1.54) is 89.9 Å². The third-order valence-electron chi connectivity index (χ3n) is 7.90. The predicted octanol–water partition coefficient (Wildman–Crippen LogP) is 7.90. The second kappa shape index (κ2) is 8.28. The Balaban J connectivity index is 1.37. The molecule has 0 heteroatoms. The first-order valence-electron chi connectivity index (χ1n) is 11.4. The second-order valence-corrected chi connectivity index (χ2v) is 9.46. The van der Waals surface area contributed by atoms with Gasteiger partial charge in [-0.1, -0.05) is 69.6 Å². The van der Waals surface area contributed by atoms with Crippen molar-refractivity contribution in [1.29, 1.82) is 0 Å². The fourth-order valence-electron chi connectivity index (χ4n) is 6.35. The van der Waals surface area contributed by atoms with Crippen LogP contribution in [-0.4, -0.2) is 0 Å². The lowest BCUT2D eigenvalue weighted by molar-refractivity contribution is 0.186. The normalized spacial score (nSPS) is 29.6. The molecule has 0 atom stereocenters. The van der Waals surface area contributed by atoms with Crippen molar-refractivity contribution < 1.29 is 0 Å². The van der Waals surface area contributed by atoms with Gasteiger partial charge in [-0.3, -0.25) is 0 Å². The van der Waals surface area contributed by atoms with Crippen molar-refractivity contribution in [3.63, 3.8) is 0 Å². The van der Waals surface area contributed by atoms with Gasteiger partial charge in [0.25, 0.3) is 0 Å². The number of rotatable bonds is 3. The predicted molar refractivity (Wildman–Crippen MR) is 108 cm³/mol. The highest BCUT2D eigenvalue weighted by Crippen LogP contribution is 2.44. The van der Waals surface area contributed by atoms with Crippen LogP contribution in [0.5, 0.6) is 0 Å². The third kappa shape index (κ3) is 4.15. The van der Waals surface area contributed by atoms with E-state index in [2.05, 4.69) is 25.1 Å². The number of hydrogen-bond acceptors (Lipinski definition) is 0. The molecule has 0 unspecified atom stereocenters. The standard InChI is InChI=1S/C25H38/c1-19-18-24(21-10-6-3-7-11-21)16-17-25(19)23-14-12-22(13-15-23)20-8-4-2-5-9-20/h16-18,20-23H,2-15H2,1H3. The van der Waals surface area contributed by atoms with Crippen LogP contribution in [0, 0.1) is 18.8 Å². The number of aryl methyl sites for hydroxylation is 1. The maximum absolute atomic E-state index is 2.55. The molecule has 0 spiro atoms. The molecule has 25 heavy (non-hydrogen) atoms. The van der Waals surface area contributed by atoms with Gasteiger partial charge < -0.3 is 0 Å². The van der Waals surface area contributed by atoms with E-state index in [-0.39, 0.29) is 0 Å². The van der Waals surface area contributed by atoms with Crippen LogP contribution < -0.4 is 0 Å². The lowest BCUT2D eigenvalue weighted by atomic mass is 9.69. The van der Waals surface area contributed by atoms with Crippen molar-refractivity contribution in [3.8, 4) is 0 Å². The summed E-state index contributed by atoms with van der Waals surface area (Å²) < 4.78 is 0. The van der Waals surface area contributed by atoms with E-state index in [1.807, 2.05) is 0 Å². The summed E-state index contributed by atoms with van der Waals surface area (Å²) in [5, 5.41) is 0. The van der Waals surface area contributed by atoms with E-state index in [1.54, 1.807) is 16.7 Å². The maximum Gasteiger partial charge on any atom is -0.0159 e. The van der Waals surface area contributed by atoms with Crippen molar-refractivity contribution in [1.82, 2.24) is 0 Å². The molecule has 1 aromatic carbocycles. The number of hydrogen-bond donors (Lipinski definition) is 0. The van der Waals surface area contributed by atoms with Crippen LogP contribution in [0.15, 0.2) is 18.2 Å². The fraction of sp³-hybridized carbons (Fsp3) is 0.760. The lowest BCUT2D eigenvalue weighted by Gasteiger charge is -2.36. The molecule has 0 saturated heterocycles. The van der Waals surface area contributed by atoms with Gasteiger partial charge in [-0.15, -0.1) is 0 Å². The Labute approximate surface area is 155 Å². The summed E-state index contributed by atoms with van der Waals surface area (Å²) >= 11 is 0. The quantitative estimate of drug-likeness (QED) is 0.525. The highest BCUT2D eigenvalue weighted by molar-refractivity contribution is 5.35. The molecule has 3 aliphatic rings. The molecule has 0 bridgehead atoms. The molecule has 0 nitrogen and oxygen atoms in total. The molecule has 3 aliphatic carbocycles. The minimum Gasteiger partial charge on any atom is -0.0585 e. The summed E-state index contributed by atoms with van der Waals surface area (Å²) in [6.45, 7) is 2.38. The van der Waals surface area contributed by atoms with Crippen LogP contribution in [-0.2, 0) is 0 Å². The zero-order valence-corrected chi connectivity index (χ0v) is 16.4. The van der Waals surface area contributed by atoms with E-state index in [4.69, 9.17) is 0 Å². The molecule has 138 valence electrons. The van der Waals surface area contributed by atoms with Crippen LogP contribution in [0.2, 0.25) is 0 Å². The van der Waals surface area contributed by atoms with Crippen molar-refractivity contribution >= 4 is 0 Å². The van der Waals surface area contributed by atoms with Gasteiger partial charge in [0.2, 0.25) is 0 Å². The molecular formula is C25H38. The van der Waals surface area contributed by atoms with E-state index in [9.17, 15) is 0 Å². The summed E-state index contributed by atoms with van der Waals surface area (Å²) in [7, 11) is 0. The summed E-state index contributed by atoms with van der Waals surface area (Å²) in [5.74, 6) is 3.83. The van der Waals surface area contributed by atoms with Gasteiger partial charge in [-0.2, -0.15) is 0 Å². The van der Waals surface area contributed by atoms with Gasteiger partial charge in [0, 0.05) is 0 Å². The fourth-order valence-corrected chi connectivity index (χ4v) is 6.35.